The third-order valence-corrected chi connectivity index (χ3v) is 13.9. The molecular weight excluding hydrogens is 584 g/mol. The number of ether oxygens (including phenoxy) is 2. The van der Waals surface area contributed by atoms with Crippen LogP contribution in [0.15, 0.2) is 11.6 Å². The Kier molecular flexibility index (Phi) is 14.3. The maximum Gasteiger partial charge on any atom is 0.220 e. The molecule has 270 valence electrons. The van der Waals surface area contributed by atoms with Gasteiger partial charge in [0.25, 0.3) is 0 Å². The van der Waals surface area contributed by atoms with Crippen LogP contribution in [0.2, 0.25) is 0 Å². The quantitative estimate of drug-likeness (QED) is 0.114. The fourth-order valence-corrected chi connectivity index (χ4v) is 10.8. The Labute approximate surface area is 288 Å². The van der Waals surface area contributed by atoms with E-state index in [4.69, 9.17) is 9.47 Å². The van der Waals surface area contributed by atoms with E-state index in [1.807, 2.05) is 0 Å². The fraction of sp³-hybridized carbons (Fsp3) is 0.902. The normalized spacial score (nSPS) is 33.6. The summed E-state index contributed by atoms with van der Waals surface area (Å²) in [5, 5.41) is 6.01. The van der Waals surface area contributed by atoms with Gasteiger partial charge in [-0.05, 0) is 110 Å². The number of hydrogen-bond acceptors (Lipinski definition) is 4. The van der Waals surface area contributed by atoms with Gasteiger partial charge in [-0.2, -0.15) is 0 Å². The van der Waals surface area contributed by atoms with Crippen molar-refractivity contribution in [3.8, 4) is 0 Å². The molecule has 0 heterocycles. The SMILES string of the molecule is CC[C@H](C)[C@@H](COC)NC(=O)CCC(=O)NCCCO[C@H]1CC[C@@]2(C)C(=CC[C@H]3[C@@H]4CC[C@H]([C@H](C)CCCC(C)C)[C@@]4(C)CC[C@@H]32)C1. The Morgan fingerprint density at radius 1 is 0.957 bits per heavy atom. The molecule has 47 heavy (non-hydrogen) atoms. The molecule has 0 spiro atoms. The maximum atomic E-state index is 12.4. The number of carbonyl (C=O) groups is 2. The van der Waals surface area contributed by atoms with Crippen molar-refractivity contribution in [3.63, 3.8) is 0 Å². The minimum atomic E-state index is -0.0877. The van der Waals surface area contributed by atoms with Crippen LogP contribution in [0.5, 0.6) is 0 Å². The zero-order chi connectivity index (χ0) is 34.2. The van der Waals surface area contributed by atoms with Gasteiger partial charge in [-0.15, -0.1) is 0 Å². The lowest BCUT2D eigenvalue weighted by Gasteiger charge is -2.58. The molecule has 0 unspecified atom stereocenters. The summed E-state index contributed by atoms with van der Waals surface area (Å²) in [5.74, 6) is 5.41. The molecule has 2 amide bonds. The molecule has 6 heteroatoms. The van der Waals surface area contributed by atoms with E-state index in [2.05, 4.69) is 65.2 Å². The Morgan fingerprint density at radius 2 is 1.72 bits per heavy atom. The minimum Gasteiger partial charge on any atom is -0.383 e. The van der Waals surface area contributed by atoms with Crippen molar-refractivity contribution < 1.29 is 19.1 Å². The third-order valence-electron chi connectivity index (χ3n) is 13.9. The summed E-state index contributed by atoms with van der Waals surface area (Å²) in [6.07, 6.45) is 19.9. The Bertz CT molecular complexity index is 1040. The molecule has 3 saturated carbocycles. The summed E-state index contributed by atoms with van der Waals surface area (Å²) in [6.45, 7) is 18.6. The smallest absolute Gasteiger partial charge is 0.220 e. The predicted octanol–water partition coefficient (Wildman–Crippen LogP) is 8.88. The number of allylic oxidation sites excluding steroid dienone is 1. The van der Waals surface area contributed by atoms with Crippen LogP contribution < -0.4 is 10.6 Å². The van der Waals surface area contributed by atoms with E-state index in [9.17, 15) is 9.59 Å². The van der Waals surface area contributed by atoms with Gasteiger partial charge < -0.3 is 20.1 Å². The van der Waals surface area contributed by atoms with Crippen LogP contribution in [-0.4, -0.2) is 50.8 Å². The second-order valence-electron chi connectivity index (χ2n) is 17.2. The third kappa shape index (κ3) is 9.44. The van der Waals surface area contributed by atoms with Crippen molar-refractivity contribution in [2.75, 3.05) is 26.9 Å². The largest absolute Gasteiger partial charge is 0.383 e. The van der Waals surface area contributed by atoms with Crippen LogP contribution in [0, 0.1) is 52.3 Å². The lowest BCUT2D eigenvalue weighted by Crippen LogP contribution is -2.51. The van der Waals surface area contributed by atoms with E-state index in [0.717, 1.165) is 61.2 Å². The van der Waals surface area contributed by atoms with Crippen molar-refractivity contribution in [2.45, 2.75) is 157 Å². The topological polar surface area (TPSA) is 76.7 Å². The number of amides is 2. The van der Waals surface area contributed by atoms with Crippen LogP contribution >= 0.6 is 0 Å². The van der Waals surface area contributed by atoms with Crippen molar-refractivity contribution >= 4 is 11.8 Å². The van der Waals surface area contributed by atoms with Gasteiger partial charge in [0.05, 0.1) is 18.8 Å². The summed E-state index contributed by atoms with van der Waals surface area (Å²) >= 11 is 0. The van der Waals surface area contributed by atoms with Crippen LogP contribution in [-0.2, 0) is 19.1 Å². The van der Waals surface area contributed by atoms with Crippen LogP contribution in [0.25, 0.3) is 0 Å². The number of carbonyl (C=O) groups excluding carboxylic acids is 2. The molecule has 0 aromatic heterocycles. The summed E-state index contributed by atoms with van der Waals surface area (Å²) < 4.78 is 11.7. The number of fused-ring (bicyclic) bond motifs is 5. The molecule has 4 rings (SSSR count). The maximum absolute atomic E-state index is 12.4. The zero-order valence-corrected chi connectivity index (χ0v) is 31.6. The molecule has 0 aliphatic heterocycles. The Hall–Kier alpha value is -1.40. The highest BCUT2D eigenvalue weighted by molar-refractivity contribution is 5.83. The second kappa shape index (κ2) is 17.5. The molecule has 0 aromatic carbocycles. The monoisotopic (exact) mass is 657 g/mol. The first-order chi connectivity index (χ1) is 22.4. The van der Waals surface area contributed by atoms with Gasteiger partial charge in [0.15, 0.2) is 0 Å². The van der Waals surface area contributed by atoms with Crippen molar-refractivity contribution in [3.05, 3.63) is 11.6 Å². The molecule has 6 nitrogen and oxygen atoms in total. The summed E-state index contributed by atoms with van der Waals surface area (Å²) in [6, 6.07) is -0.0160. The van der Waals surface area contributed by atoms with Gasteiger partial charge in [-0.1, -0.05) is 85.8 Å². The first-order valence-electron chi connectivity index (χ1n) is 19.8. The van der Waals surface area contributed by atoms with Gasteiger partial charge in [0.1, 0.15) is 0 Å². The second-order valence-corrected chi connectivity index (χ2v) is 17.2. The minimum absolute atomic E-state index is 0.0160. The van der Waals surface area contributed by atoms with Gasteiger partial charge in [-0.3, -0.25) is 9.59 Å². The van der Waals surface area contributed by atoms with Crippen LogP contribution in [0.4, 0.5) is 0 Å². The summed E-state index contributed by atoms with van der Waals surface area (Å²) in [7, 11) is 1.65. The molecule has 0 bridgehead atoms. The van der Waals surface area contributed by atoms with Crippen molar-refractivity contribution in [1.82, 2.24) is 10.6 Å². The highest BCUT2D eigenvalue weighted by atomic mass is 16.5. The van der Waals surface area contributed by atoms with Gasteiger partial charge >= 0.3 is 0 Å². The first-order valence-corrected chi connectivity index (χ1v) is 19.8. The number of nitrogens with one attached hydrogen (secondary N) is 2. The lowest BCUT2D eigenvalue weighted by molar-refractivity contribution is -0.127. The van der Waals surface area contributed by atoms with Crippen molar-refractivity contribution in [1.29, 1.82) is 0 Å². The van der Waals surface area contributed by atoms with Crippen molar-refractivity contribution in [2.24, 2.45) is 52.3 Å². The highest BCUT2D eigenvalue weighted by Gasteiger charge is 2.59. The van der Waals surface area contributed by atoms with E-state index in [0.29, 0.717) is 42.6 Å². The molecule has 0 aromatic rings. The molecule has 10 atom stereocenters. The lowest BCUT2D eigenvalue weighted by atomic mass is 9.47. The molecule has 0 radical (unpaired) electrons. The van der Waals surface area contributed by atoms with E-state index in [-0.39, 0.29) is 30.7 Å². The van der Waals surface area contributed by atoms with E-state index in [1.54, 1.807) is 12.7 Å². The molecule has 4 aliphatic rings. The Morgan fingerprint density at radius 3 is 2.45 bits per heavy atom. The van der Waals surface area contributed by atoms with E-state index < -0.39 is 0 Å². The molecule has 4 aliphatic carbocycles. The Balaban J connectivity index is 1.17. The molecule has 2 N–H and O–H groups in total. The van der Waals surface area contributed by atoms with Crippen LogP contribution in [0.1, 0.15) is 145 Å². The molecular formula is C41H72N2O4. The fourth-order valence-electron chi connectivity index (χ4n) is 10.8. The average Bonchev–Trinajstić information content (AvgIpc) is 3.40. The average molecular weight is 657 g/mol. The standard InChI is InChI=1S/C41H72N2O4/c1-9-29(4)37(27-46-8)43-39(45)19-18-38(44)42-24-11-25-47-32-20-22-40(6)31(26-32)14-15-33-35-17-16-34(30(5)13-10-12-28(2)3)41(35,7)23-21-36(33)40/h14,28-30,32-37H,9-13,15-27H2,1-8H3,(H,42,44)(H,43,45)/t29-,30+,32-,33-,34+,35-,36-,37+,40-,41+/m0/s1. The van der Waals surface area contributed by atoms with Crippen LogP contribution in [0.3, 0.4) is 0 Å². The van der Waals surface area contributed by atoms with E-state index in [1.165, 1.54) is 57.8 Å². The predicted molar refractivity (Wildman–Crippen MR) is 193 cm³/mol. The first kappa shape index (κ1) is 38.4. The number of hydrogen-bond donors (Lipinski definition) is 2. The zero-order valence-electron chi connectivity index (χ0n) is 31.6. The van der Waals surface area contributed by atoms with Gasteiger partial charge in [0.2, 0.25) is 11.8 Å². The summed E-state index contributed by atoms with van der Waals surface area (Å²) in [5.41, 5.74) is 2.58. The highest BCUT2D eigenvalue weighted by Crippen LogP contribution is 2.67. The van der Waals surface area contributed by atoms with Gasteiger partial charge in [0, 0.05) is 33.1 Å². The summed E-state index contributed by atoms with van der Waals surface area (Å²) in [4.78, 5) is 24.7. The van der Waals surface area contributed by atoms with Gasteiger partial charge in [-0.25, -0.2) is 0 Å². The number of rotatable bonds is 18. The number of methoxy groups -OCH3 is 1. The molecule has 3 fully saturated rings. The molecule has 0 saturated heterocycles. The van der Waals surface area contributed by atoms with E-state index >= 15 is 0 Å².